The van der Waals surface area contributed by atoms with Crippen LogP contribution in [-0.2, 0) is 11.0 Å². The highest BCUT2D eigenvalue weighted by atomic mass is 15.6. The molecule has 4 heterocycles. The lowest BCUT2D eigenvalue weighted by molar-refractivity contribution is -0.0785. The highest BCUT2D eigenvalue weighted by Crippen LogP contribution is 2.63. The maximum atomic E-state index is 5.14. The average Bonchev–Trinajstić information content (AvgIpc) is 3.58. The Morgan fingerprint density at radius 3 is 2.58 bits per heavy atom. The second-order valence-electron chi connectivity index (χ2n) is 10.3. The van der Waals surface area contributed by atoms with Crippen LogP contribution in [0.3, 0.4) is 0 Å². The summed E-state index contributed by atoms with van der Waals surface area (Å²) in [4.78, 5) is 11.7. The van der Waals surface area contributed by atoms with Gasteiger partial charge in [-0.1, -0.05) is 18.2 Å². The van der Waals surface area contributed by atoms with Crippen LogP contribution < -0.4 is 0 Å². The molecular weight excluding hydrogens is 416 g/mol. The first kappa shape index (κ1) is 17.8. The number of fused-ring (bicyclic) bond motifs is 3. The molecule has 5 aromatic rings. The standard InChI is InChI=1S/C23H22N10/c1-2-4-17(5-3-1)32-19-18(11-26-32)20-28-21(29-31(20)14-24-19)22-7-15-6-16(8-22)10-23(9-15,12-22)33-27-13-25-30-33/h1-5,11,13-16H,6-10,12H2/t15-,16-,22?,23?/m0/s1. The van der Waals surface area contributed by atoms with Crippen molar-refractivity contribution >= 4 is 16.7 Å². The summed E-state index contributed by atoms with van der Waals surface area (Å²) >= 11 is 0. The largest absolute Gasteiger partial charge is 0.216 e. The molecular formula is C23H22N10. The molecule has 2 atom stereocenters. The van der Waals surface area contributed by atoms with Crippen molar-refractivity contribution in [2.75, 3.05) is 0 Å². The quantitative estimate of drug-likeness (QED) is 0.426. The van der Waals surface area contributed by atoms with Gasteiger partial charge in [-0.2, -0.15) is 9.90 Å². The van der Waals surface area contributed by atoms with Gasteiger partial charge in [0.1, 0.15) is 6.33 Å². The number of aromatic nitrogens is 10. The maximum absolute atomic E-state index is 5.14. The van der Waals surface area contributed by atoms with Gasteiger partial charge in [-0.25, -0.2) is 19.2 Å². The van der Waals surface area contributed by atoms with Crippen molar-refractivity contribution in [1.29, 1.82) is 0 Å². The molecule has 0 N–H and O–H groups in total. The second-order valence-corrected chi connectivity index (χ2v) is 10.3. The third kappa shape index (κ3) is 2.35. The summed E-state index contributed by atoms with van der Waals surface area (Å²) in [6.45, 7) is 0. The van der Waals surface area contributed by atoms with Crippen LogP contribution in [0.2, 0.25) is 0 Å². The third-order valence-electron chi connectivity index (χ3n) is 8.18. The average molecular weight is 438 g/mol. The molecule has 9 rings (SSSR count). The predicted molar refractivity (Wildman–Crippen MR) is 118 cm³/mol. The summed E-state index contributed by atoms with van der Waals surface area (Å²) in [6, 6.07) is 10.1. The fraction of sp³-hybridized carbons (Fsp3) is 0.435. The lowest BCUT2D eigenvalue weighted by atomic mass is 9.46. The summed E-state index contributed by atoms with van der Waals surface area (Å²) in [5, 5.41) is 23.3. The van der Waals surface area contributed by atoms with Crippen molar-refractivity contribution < 1.29 is 0 Å². The summed E-state index contributed by atoms with van der Waals surface area (Å²) in [6.07, 6.45) is 12.0. The maximum Gasteiger partial charge on any atom is 0.170 e. The molecule has 4 fully saturated rings. The lowest BCUT2D eigenvalue weighted by Crippen LogP contribution is -2.59. The lowest BCUT2D eigenvalue weighted by Gasteiger charge is -2.60. The van der Waals surface area contributed by atoms with Crippen LogP contribution in [0.25, 0.3) is 22.4 Å². The van der Waals surface area contributed by atoms with Gasteiger partial charge in [0.25, 0.3) is 0 Å². The molecule has 0 radical (unpaired) electrons. The van der Waals surface area contributed by atoms with E-state index in [0.29, 0.717) is 11.8 Å². The van der Waals surface area contributed by atoms with E-state index in [2.05, 4.69) is 25.5 Å². The van der Waals surface area contributed by atoms with E-state index < -0.39 is 0 Å². The van der Waals surface area contributed by atoms with Gasteiger partial charge in [-0.3, -0.25) is 0 Å². The molecule has 0 spiro atoms. The molecule has 0 unspecified atom stereocenters. The Morgan fingerprint density at radius 2 is 1.79 bits per heavy atom. The molecule has 0 amide bonds. The van der Waals surface area contributed by atoms with Crippen LogP contribution in [-0.4, -0.2) is 49.6 Å². The van der Waals surface area contributed by atoms with Crippen molar-refractivity contribution in [2.45, 2.75) is 49.5 Å². The zero-order valence-electron chi connectivity index (χ0n) is 18.0. The Balaban J connectivity index is 1.27. The van der Waals surface area contributed by atoms with Gasteiger partial charge in [-0.05, 0) is 67.7 Å². The molecule has 33 heavy (non-hydrogen) atoms. The molecule has 4 aliphatic rings. The molecule has 0 aliphatic heterocycles. The normalized spacial score (nSPS) is 30.5. The van der Waals surface area contributed by atoms with Crippen molar-refractivity contribution in [2.24, 2.45) is 11.8 Å². The topological polar surface area (TPSA) is 105 Å². The molecule has 10 heteroatoms. The minimum Gasteiger partial charge on any atom is -0.216 e. The zero-order valence-corrected chi connectivity index (χ0v) is 18.0. The summed E-state index contributed by atoms with van der Waals surface area (Å²) in [7, 11) is 0. The Bertz CT molecular complexity index is 1480. The first-order valence-electron chi connectivity index (χ1n) is 11.6. The number of hydrogen-bond acceptors (Lipinski definition) is 7. The highest BCUT2D eigenvalue weighted by Gasteiger charge is 2.61. The smallest absolute Gasteiger partial charge is 0.170 e. The SMILES string of the molecule is c1ccc(-n2ncc3c2ncn2nc(C45C[C@@H]6C[C@@H](C4)CC(n4ncnn4)(C6)C5)nc32)cc1. The number of rotatable bonds is 3. The van der Waals surface area contributed by atoms with E-state index in [-0.39, 0.29) is 11.0 Å². The van der Waals surface area contributed by atoms with Crippen LogP contribution in [0, 0.1) is 11.8 Å². The van der Waals surface area contributed by atoms with Gasteiger partial charge in [0.05, 0.1) is 22.8 Å². The number of para-hydroxylation sites is 1. The highest BCUT2D eigenvalue weighted by molar-refractivity contribution is 5.89. The molecule has 164 valence electrons. The van der Waals surface area contributed by atoms with Gasteiger partial charge >= 0.3 is 0 Å². The van der Waals surface area contributed by atoms with E-state index in [1.54, 1.807) is 12.7 Å². The number of tetrazole rings is 1. The first-order chi connectivity index (χ1) is 16.2. The van der Waals surface area contributed by atoms with Crippen LogP contribution >= 0.6 is 0 Å². The fourth-order valence-electron chi connectivity index (χ4n) is 7.40. The Kier molecular flexibility index (Phi) is 3.24. The molecule has 0 saturated heterocycles. The monoisotopic (exact) mass is 438 g/mol. The van der Waals surface area contributed by atoms with E-state index in [1.807, 2.05) is 50.5 Å². The molecule has 4 aromatic heterocycles. The minimum atomic E-state index is -0.0656. The Labute approximate surface area is 188 Å². The van der Waals surface area contributed by atoms with E-state index in [4.69, 9.17) is 10.1 Å². The van der Waals surface area contributed by atoms with Crippen molar-refractivity contribution in [3.63, 3.8) is 0 Å². The van der Waals surface area contributed by atoms with Crippen molar-refractivity contribution in [1.82, 2.24) is 49.6 Å². The first-order valence-corrected chi connectivity index (χ1v) is 11.6. The van der Waals surface area contributed by atoms with Crippen LogP contribution in [0.4, 0.5) is 0 Å². The van der Waals surface area contributed by atoms with E-state index >= 15 is 0 Å². The van der Waals surface area contributed by atoms with Crippen LogP contribution in [0.1, 0.15) is 44.3 Å². The van der Waals surface area contributed by atoms with E-state index in [1.165, 1.54) is 6.42 Å². The van der Waals surface area contributed by atoms with Gasteiger partial charge in [-0.15, -0.1) is 15.3 Å². The minimum absolute atomic E-state index is 0.0501. The number of hydrogen-bond donors (Lipinski definition) is 0. The zero-order chi connectivity index (χ0) is 21.6. The van der Waals surface area contributed by atoms with Crippen LogP contribution in [0.15, 0.2) is 49.2 Å². The molecule has 4 aliphatic carbocycles. The predicted octanol–water partition coefficient (Wildman–Crippen LogP) is 2.70. The van der Waals surface area contributed by atoms with Crippen LogP contribution in [0.5, 0.6) is 0 Å². The van der Waals surface area contributed by atoms with Gasteiger partial charge in [0.2, 0.25) is 0 Å². The molecule has 4 saturated carbocycles. The molecule has 4 bridgehead atoms. The summed E-state index contributed by atoms with van der Waals surface area (Å²) in [5.41, 5.74) is 2.48. The fourth-order valence-corrected chi connectivity index (χ4v) is 7.40. The van der Waals surface area contributed by atoms with Gasteiger partial charge in [0, 0.05) is 5.41 Å². The Morgan fingerprint density at radius 1 is 0.939 bits per heavy atom. The number of nitrogens with zero attached hydrogens (tertiary/aromatic N) is 10. The second kappa shape index (κ2) is 6.00. The summed E-state index contributed by atoms with van der Waals surface area (Å²) in [5.74, 6) is 2.24. The van der Waals surface area contributed by atoms with Crippen molar-refractivity contribution in [3.05, 3.63) is 55.0 Å². The van der Waals surface area contributed by atoms with E-state index in [9.17, 15) is 0 Å². The molecule has 10 nitrogen and oxygen atoms in total. The third-order valence-corrected chi connectivity index (χ3v) is 8.18. The molecule has 1 aromatic carbocycles. The number of benzene rings is 1. The summed E-state index contributed by atoms with van der Waals surface area (Å²) < 4.78 is 3.69. The van der Waals surface area contributed by atoms with Gasteiger partial charge in [0.15, 0.2) is 23.4 Å². The Hall–Kier alpha value is -3.69. The van der Waals surface area contributed by atoms with Gasteiger partial charge < -0.3 is 0 Å². The van der Waals surface area contributed by atoms with E-state index in [0.717, 1.165) is 60.3 Å². The van der Waals surface area contributed by atoms with Crippen molar-refractivity contribution in [3.8, 4) is 5.69 Å².